The van der Waals surface area contributed by atoms with Gasteiger partial charge in [0.05, 0.1) is 5.41 Å². The average molecular weight is 181 g/mol. The van der Waals surface area contributed by atoms with Crippen molar-refractivity contribution >= 4 is 10.1 Å². The first-order valence-electron chi connectivity index (χ1n) is 3.28. The minimum Gasteiger partial charge on any atom is -0.330 e. The van der Waals surface area contributed by atoms with Crippen molar-refractivity contribution in [1.82, 2.24) is 0 Å². The van der Waals surface area contributed by atoms with E-state index >= 15 is 0 Å². The summed E-state index contributed by atoms with van der Waals surface area (Å²) in [6, 6.07) is 0. The highest BCUT2D eigenvalue weighted by Crippen LogP contribution is 1.77. The molecule has 0 atom stereocenters. The predicted molar refractivity (Wildman–Crippen MR) is 45.7 cm³/mol. The standard InChI is InChI=1S/C4H11N.C2H4O3S/c1-2-3-4-5;1-2-6(3,4)5/h2-5H2,1H3;2H,1H2,(H,3,4,5). The first-order chi connectivity index (χ1) is 4.97. The summed E-state index contributed by atoms with van der Waals surface area (Å²) >= 11 is 0. The molecule has 0 aliphatic carbocycles. The Morgan fingerprint density at radius 3 is 2.00 bits per heavy atom. The second kappa shape index (κ2) is 7.71. The zero-order valence-electron chi connectivity index (χ0n) is 6.66. The average Bonchev–Trinajstić information content (AvgIpc) is 1.90. The van der Waals surface area contributed by atoms with Crippen LogP contribution in [0.3, 0.4) is 0 Å². The number of hydrogen-bond donors (Lipinski definition) is 2. The van der Waals surface area contributed by atoms with E-state index in [1.807, 2.05) is 0 Å². The Hall–Kier alpha value is -0.390. The van der Waals surface area contributed by atoms with E-state index in [-0.39, 0.29) is 0 Å². The lowest BCUT2D eigenvalue weighted by molar-refractivity contribution is 0.494. The van der Waals surface area contributed by atoms with Gasteiger partial charge in [-0.25, -0.2) is 0 Å². The first kappa shape index (κ1) is 13.2. The third-order valence-corrected chi connectivity index (χ3v) is 1.19. The molecule has 0 aliphatic rings. The molecule has 0 spiro atoms. The van der Waals surface area contributed by atoms with Gasteiger partial charge in [0.25, 0.3) is 10.1 Å². The summed E-state index contributed by atoms with van der Waals surface area (Å²) in [5.74, 6) is 0. The molecule has 0 rings (SSSR count). The van der Waals surface area contributed by atoms with Crippen molar-refractivity contribution in [2.45, 2.75) is 19.8 Å². The fraction of sp³-hybridized carbons (Fsp3) is 0.667. The van der Waals surface area contributed by atoms with Gasteiger partial charge in [-0.15, -0.1) is 0 Å². The van der Waals surface area contributed by atoms with E-state index in [9.17, 15) is 8.42 Å². The van der Waals surface area contributed by atoms with Crippen molar-refractivity contribution in [3.8, 4) is 0 Å². The fourth-order valence-electron chi connectivity index (χ4n) is 0.204. The molecule has 0 saturated heterocycles. The maximum absolute atomic E-state index is 9.44. The summed E-state index contributed by atoms with van der Waals surface area (Å²) in [5.41, 5.74) is 5.14. The molecule has 0 aliphatic heterocycles. The summed E-state index contributed by atoms with van der Waals surface area (Å²) in [6.07, 6.45) is 2.39. The van der Waals surface area contributed by atoms with Gasteiger partial charge in [-0.05, 0) is 13.0 Å². The van der Waals surface area contributed by atoms with Crippen LogP contribution < -0.4 is 5.73 Å². The number of rotatable bonds is 3. The molecule has 0 amide bonds. The monoisotopic (exact) mass is 181 g/mol. The Kier molecular flexibility index (Phi) is 9.27. The maximum Gasteiger partial charge on any atom is 0.287 e. The number of nitrogens with two attached hydrogens (primary N) is 1. The molecular weight excluding hydrogens is 166 g/mol. The topological polar surface area (TPSA) is 80.4 Å². The van der Waals surface area contributed by atoms with Crippen LogP contribution in [0.4, 0.5) is 0 Å². The van der Waals surface area contributed by atoms with E-state index in [1.165, 1.54) is 12.8 Å². The van der Waals surface area contributed by atoms with Gasteiger partial charge in [-0.1, -0.05) is 19.9 Å². The van der Waals surface area contributed by atoms with Crippen LogP contribution in [0.5, 0.6) is 0 Å². The van der Waals surface area contributed by atoms with Crippen molar-refractivity contribution in [3.63, 3.8) is 0 Å². The number of hydrogen-bond acceptors (Lipinski definition) is 3. The smallest absolute Gasteiger partial charge is 0.287 e. The quantitative estimate of drug-likeness (QED) is 0.630. The Morgan fingerprint density at radius 1 is 1.64 bits per heavy atom. The lowest BCUT2D eigenvalue weighted by atomic mass is 10.3. The Morgan fingerprint density at radius 2 is 2.00 bits per heavy atom. The van der Waals surface area contributed by atoms with Crippen LogP contribution in [0.1, 0.15) is 19.8 Å². The van der Waals surface area contributed by atoms with Gasteiger partial charge in [-0.3, -0.25) is 4.55 Å². The van der Waals surface area contributed by atoms with Crippen molar-refractivity contribution in [2.24, 2.45) is 5.73 Å². The third-order valence-electron chi connectivity index (χ3n) is 0.768. The first-order valence-corrected chi connectivity index (χ1v) is 4.78. The zero-order chi connectivity index (χ0) is 9.33. The molecule has 0 heterocycles. The van der Waals surface area contributed by atoms with Gasteiger partial charge >= 0.3 is 0 Å². The van der Waals surface area contributed by atoms with Crippen LogP contribution in [0.15, 0.2) is 12.0 Å². The Bertz CT molecular complexity index is 161. The van der Waals surface area contributed by atoms with E-state index in [2.05, 4.69) is 13.5 Å². The zero-order valence-corrected chi connectivity index (χ0v) is 7.47. The van der Waals surface area contributed by atoms with E-state index in [0.717, 1.165) is 6.54 Å². The second-order valence-electron chi connectivity index (χ2n) is 1.82. The highest BCUT2D eigenvalue weighted by molar-refractivity contribution is 7.88. The summed E-state index contributed by atoms with van der Waals surface area (Å²) in [7, 11) is -3.90. The lowest BCUT2D eigenvalue weighted by Gasteiger charge is -1.80. The molecule has 5 heteroatoms. The van der Waals surface area contributed by atoms with Gasteiger partial charge < -0.3 is 5.73 Å². The molecule has 0 aromatic carbocycles. The highest BCUT2D eigenvalue weighted by Gasteiger charge is 1.87. The number of unbranched alkanes of at least 4 members (excludes halogenated alkanes) is 1. The highest BCUT2D eigenvalue weighted by atomic mass is 32.2. The van der Waals surface area contributed by atoms with Crippen molar-refractivity contribution < 1.29 is 13.0 Å². The molecule has 0 aromatic rings. The molecule has 4 nitrogen and oxygen atoms in total. The van der Waals surface area contributed by atoms with E-state index in [4.69, 9.17) is 10.3 Å². The van der Waals surface area contributed by atoms with Crippen LogP contribution in [0.25, 0.3) is 0 Å². The van der Waals surface area contributed by atoms with Gasteiger partial charge in [0.1, 0.15) is 0 Å². The normalized spacial score (nSPS) is 9.73. The van der Waals surface area contributed by atoms with Gasteiger partial charge in [0.15, 0.2) is 0 Å². The van der Waals surface area contributed by atoms with E-state index in [1.54, 1.807) is 0 Å². The van der Waals surface area contributed by atoms with Crippen LogP contribution in [-0.2, 0) is 10.1 Å². The summed E-state index contributed by atoms with van der Waals surface area (Å²) in [4.78, 5) is 0. The summed E-state index contributed by atoms with van der Waals surface area (Å²) in [5, 5.41) is 0.465. The molecule has 0 radical (unpaired) electrons. The molecule has 0 saturated carbocycles. The SMILES string of the molecule is C=CS(=O)(=O)O.CCCCN. The molecule has 3 N–H and O–H groups in total. The molecule has 0 bridgehead atoms. The van der Waals surface area contributed by atoms with Gasteiger partial charge in [0.2, 0.25) is 0 Å². The van der Waals surface area contributed by atoms with E-state index < -0.39 is 10.1 Å². The Labute approximate surface area is 67.8 Å². The lowest BCUT2D eigenvalue weighted by Crippen LogP contribution is -1.95. The predicted octanol–water partition coefficient (Wildman–Crippen LogP) is 0.763. The van der Waals surface area contributed by atoms with Crippen molar-refractivity contribution in [3.05, 3.63) is 12.0 Å². The van der Waals surface area contributed by atoms with Crippen molar-refractivity contribution in [1.29, 1.82) is 0 Å². The van der Waals surface area contributed by atoms with Crippen molar-refractivity contribution in [2.75, 3.05) is 6.54 Å². The molecular formula is C6H15NO3S. The maximum atomic E-state index is 9.44. The van der Waals surface area contributed by atoms with Crippen LogP contribution in [-0.4, -0.2) is 19.5 Å². The largest absolute Gasteiger partial charge is 0.330 e. The fourth-order valence-corrected chi connectivity index (χ4v) is 0.204. The summed E-state index contributed by atoms with van der Waals surface area (Å²) < 4.78 is 26.6. The molecule has 0 aromatic heterocycles. The minimum atomic E-state index is -3.90. The Balaban J connectivity index is 0. The van der Waals surface area contributed by atoms with Gasteiger partial charge in [0, 0.05) is 0 Å². The molecule has 11 heavy (non-hydrogen) atoms. The molecule has 0 fully saturated rings. The van der Waals surface area contributed by atoms with E-state index in [0.29, 0.717) is 5.41 Å². The second-order valence-corrected chi connectivity index (χ2v) is 3.19. The minimum absolute atomic E-state index is 0.465. The molecule has 0 unspecified atom stereocenters. The molecule has 68 valence electrons. The van der Waals surface area contributed by atoms with Crippen LogP contribution in [0.2, 0.25) is 0 Å². The van der Waals surface area contributed by atoms with Gasteiger partial charge in [-0.2, -0.15) is 8.42 Å². The summed E-state index contributed by atoms with van der Waals surface area (Å²) in [6.45, 7) is 5.77. The third kappa shape index (κ3) is 26.2. The van der Waals surface area contributed by atoms with Crippen LogP contribution >= 0.6 is 0 Å². The van der Waals surface area contributed by atoms with Crippen LogP contribution in [0, 0.1) is 0 Å².